The average Bonchev–Trinajstić information content (AvgIpc) is 1.93. The Labute approximate surface area is 59.3 Å². The number of aromatic nitrogens is 2. The van der Waals surface area contributed by atoms with Crippen molar-refractivity contribution >= 4 is 0 Å². The molecule has 0 unspecified atom stereocenters. The van der Waals surface area contributed by atoms with E-state index in [0.717, 1.165) is 11.1 Å². The number of nitrogens with zero attached hydrogens (tertiary/aromatic N) is 2. The molecule has 1 rings (SSSR count). The van der Waals surface area contributed by atoms with Crippen molar-refractivity contribution < 1.29 is 0 Å². The third-order valence-corrected chi connectivity index (χ3v) is 1.54. The van der Waals surface area contributed by atoms with Gasteiger partial charge in [-0.05, 0) is 19.4 Å². The molecular formula is C7H9N2O. The van der Waals surface area contributed by atoms with E-state index in [1.54, 1.807) is 14.0 Å². The second-order valence-corrected chi connectivity index (χ2v) is 2.29. The smallest absolute Gasteiger partial charge is 0.268 e. The van der Waals surface area contributed by atoms with Crippen molar-refractivity contribution in [3.05, 3.63) is 27.7 Å². The lowest BCUT2D eigenvalue weighted by molar-refractivity contribution is 0.692. The fourth-order valence-corrected chi connectivity index (χ4v) is 0.682. The van der Waals surface area contributed by atoms with Crippen LogP contribution < -0.4 is 5.56 Å². The predicted octanol–water partition coefficient (Wildman–Crippen LogP) is 0.197. The highest BCUT2D eigenvalue weighted by Gasteiger charge is 1.98. The molecule has 1 radical (unpaired) electrons. The van der Waals surface area contributed by atoms with Crippen LogP contribution in [0, 0.1) is 20.0 Å². The first-order valence-electron chi connectivity index (χ1n) is 3.05. The van der Waals surface area contributed by atoms with E-state index in [1.807, 2.05) is 6.92 Å². The fourth-order valence-electron chi connectivity index (χ4n) is 0.682. The van der Waals surface area contributed by atoms with Crippen LogP contribution >= 0.6 is 0 Å². The molecule has 1 aromatic rings. The molecule has 3 nitrogen and oxygen atoms in total. The van der Waals surface area contributed by atoms with Crippen LogP contribution in [0.2, 0.25) is 0 Å². The van der Waals surface area contributed by atoms with Crippen LogP contribution in [0.25, 0.3) is 0 Å². The quantitative estimate of drug-likeness (QED) is 0.512. The van der Waals surface area contributed by atoms with E-state index in [2.05, 4.69) is 11.3 Å². The highest BCUT2D eigenvalue weighted by molar-refractivity contribution is 5.15. The molecular weight excluding hydrogens is 128 g/mol. The molecule has 0 fully saturated rings. The highest BCUT2D eigenvalue weighted by atomic mass is 16.1. The third-order valence-electron chi connectivity index (χ3n) is 1.54. The molecule has 0 saturated heterocycles. The van der Waals surface area contributed by atoms with Gasteiger partial charge in [-0.15, -0.1) is 0 Å². The van der Waals surface area contributed by atoms with Gasteiger partial charge in [-0.3, -0.25) is 4.79 Å². The normalized spacial score (nSPS) is 9.90. The van der Waals surface area contributed by atoms with Gasteiger partial charge in [0.15, 0.2) is 0 Å². The molecule has 0 saturated carbocycles. The molecule has 0 spiro atoms. The standard InChI is InChI=1S/C7H9N2O/c1-5-4-8-9(3)7(10)6(5)2/h1-3H3. The molecule has 0 amide bonds. The van der Waals surface area contributed by atoms with Crippen LogP contribution in [0.5, 0.6) is 0 Å². The van der Waals surface area contributed by atoms with Gasteiger partial charge in [-0.1, -0.05) is 0 Å². The lowest BCUT2D eigenvalue weighted by Gasteiger charge is -1.98. The molecule has 10 heavy (non-hydrogen) atoms. The summed E-state index contributed by atoms with van der Waals surface area (Å²) in [5, 5.41) is 3.72. The number of aryl methyl sites for hydroxylation is 2. The summed E-state index contributed by atoms with van der Waals surface area (Å²) in [6.07, 6.45) is 2.72. The van der Waals surface area contributed by atoms with Crippen LogP contribution in [-0.4, -0.2) is 9.78 Å². The van der Waals surface area contributed by atoms with Gasteiger partial charge < -0.3 is 0 Å². The van der Waals surface area contributed by atoms with Gasteiger partial charge in [0.05, 0.1) is 0 Å². The summed E-state index contributed by atoms with van der Waals surface area (Å²) in [6, 6.07) is 0. The first-order valence-corrected chi connectivity index (χ1v) is 3.05. The molecule has 3 heteroatoms. The van der Waals surface area contributed by atoms with Gasteiger partial charge in [0.25, 0.3) is 5.56 Å². The molecule has 1 heterocycles. The molecule has 0 aromatic carbocycles. The van der Waals surface area contributed by atoms with Crippen molar-refractivity contribution in [1.29, 1.82) is 0 Å². The summed E-state index contributed by atoms with van der Waals surface area (Å²) in [6.45, 7) is 3.60. The zero-order chi connectivity index (χ0) is 7.72. The van der Waals surface area contributed by atoms with Crippen LogP contribution in [-0.2, 0) is 7.05 Å². The van der Waals surface area contributed by atoms with E-state index >= 15 is 0 Å². The van der Waals surface area contributed by atoms with Crippen LogP contribution in [0.15, 0.2) is 4.79 Å². The first kappa shape index (κ1) is 6.99. The molecule has 1 aromatic heterocycles. The number of rotatable bonds is 0. The van der Waals surface area contributed by atoms with Crippen molar-refractivity contribution in [3.8, 4) is 0 Å². The fraction of sp³-hybridized carbons (Fsp3) is 0.429. The number of hydrogen-bond donors (Lipinski definition) is 0. The highest BCUT2D eigenvalue weighted by Crippen LogP contribution is 1.93. The van der Waals surface area contributed by atoms with Crippen molar-refractivity contribution in [3.63, 3.8) is 0 Å². The second-order valence-electron chi connectivity index (χ2n) is 2.29. The molecule has 0 bridgehead atoms. The van der Waals surface area contributed by atoms with Gasteiger partial charge in [-0.25, -0.2) is 4.68 Å². The summed E-state index contributed by atoms with van der Waals surface area (Å²) in [7, 11) is 1.62. The third kappa shape index (κ3) is 0.943. The van der Waals surface area contributed by atoms with E-state index in [-0.39, 0.29) is 5.56 Å². The number of hydrogen-bond acceptors (Lipinski definition) is 2. The van der Waals surface area contributed by atoms with Crippen LogP contribution in [0.3, 0.4) is 0 Å². The van der Waals surface area contributed by atoms with E-state index in [1.165, 1.54) is 4.68 Å². The molecule has 53 valence electrons. The van der Waals surface area contributed by atoms with E-state index in [9.17, 15) is 4.79 Å². The Morgan fingerprint density at radius 1 is 1.50 bits per heavy atom. The van der Waals surface area contributed by atoms with E-state index < -0.39 is 0 Å². The Kier molecular flexibility index (Phi) is 1.57. The van der Waals surface area contributed by atoms with E-state index in [4.69, 9.17) is 0 Å². The summed E-state index contributed by atoms with van der Waals surface area (Å²) in [5.74, 6) is 0. The monoisotopic (exact) mass is 137 g/mol. The second kappa shape index (κ2) is 2.25. The largest absolute Gasteiger partial charge is 0.269 e. The van der Waals surface area contributed by atoms with Crippen molar-refractivity contribution in [1.82, 2.24) is 9.78 Å². The Morgan fingerprint density at radius 2 is 2.10 bits per heavy atom. The topological polar surface area (TPSA) is 34.9 Å². The molecule has 0 N–H and O–H groups in total. The lowest BCUT2D eigenvalue weighted by atomic mass is 10.2. The van der Waals surface area contributed by atoms with Gasteiger partial charge in [0, 0.05) is 12.6 Å². The van der Waals surface area contributed by atoms with Gasteiger partial charge in [0.1, 0.15) is 6.20 Å². The SMILES string of the molecule is Cc1[c]nn(C)c(=O)c1C. The van der Waals surface area contributed by atoms with Gasteiger partial charge >= 0.3 is 0 Å². The maximum absolute atomic E-state index is 11.1. The van der Waals surface area contributed by atoms with Gasteiger partial charge in [-0.2, -0.15) is 5.10 Å². The molecule has 0 aliphatic heterocycles. The van der Waals surface area contributed by atoms with Crippen molar-refractivity contribution in [2.24, 2.45) is 7.05 Å². The Bertz CT molecular complexity index is 301. The van der Waals surface area contributed by atoms with Crippen LogP contribution in [0.1, 0.15) is 11.1 Å². The minimum absolute atomic E-state index is 0.0451. The summed E-state index contributed by atoms with van der Waals surface area (Å²) in [4.78, 5) is 11.1. The predicted molar refractivity (Wildman–Crippen MR) is 37.8 cm³/mol. The average molecular weight is 137 g/mol. The van der Waals surface area contributed by atoms with Crippen molar-refractivity contribution in [2.45, 2.75) is 13.8 Å². The molecule has 0 aliphatic rings. The minimum Gasteiger partial charge on any atom is -0.268 e. The molecule has 0 aliphatic carbocycles. The Morgan fingerprint density at radius 3 is 2.60 bits per heavy atom. The maximum Gasteiger partial charge on any atom is 0.269 e. The lowest BCUT2D eigenvalue weighted by Crippen LogP contribution is -2.22. The summed E-state index contributed by atoms with van der Waals surface area (Å²) < 4.78 is 1.28. The summed E-state index contributed by atoms with van der Waals surface area (Å²) in [5.41, 5.74) is 1.50. The molecule has 0 atom stereocenters. The zero-order valence-corrected chi connectivity index (χ0v) is 6.30. The van der Waals surface area contributed by atoms with Crippen LogP contribution in [0.4, 0.5) is 0 Å². The van der Waals surface area contributed by atoms with Gasteiger partial charge in [0.2, 0.25) is 0 Å². The first-order chi connectivity index (χ1) is 4.63. The Hall–Kier alpha value is -1.12. The minimum atomic E-state index is -0.0451. The summed E-state index contributed by atoms with van der Waals surface area (Å²) >= 11 is 0. The van der Waals surface area contributed by atoms with Crippen molar-refractivity contribution in [2.75, 3.05) is 0 Å². The van der Waals surface area contributed by atoms with E-state index in [0.29, 0.717) is 0 Å². The Balaban J connectivity index is 3.50. The zero-order valence-electron chi connectivity index (χ0n) is 6.30. The maximum atomic E-state index is 11.1.